The molecule has 18 heavy (non-hydrogen) atoms. The van der Waals surface area contributed by atoms with E-state index in [1.165, 1.54) is 0 Å². The lowest BCUT2D eigenvalue weighted by Crippen LogP contribution is -2.01. The van der Waals surface area contributed by atoms with Gasteiger partial charge in [0.1, 0.15) is 11.7 Å². The summed E-state index contributed by atoms with van der Waals surface area (Å²) in [6, 6.07) is 18.0. The van der Waals surface area contributed by atoms with Gasteiger partial charge in [-0.05, 0) is 29.8 Å². The Kier molecular flexibility index (Phi) is 3.86. The van der Waals surface area contributed by atoms with Crippen LogP contribution in [0.4, 0.5) is 0 Å². The Labute approximate surface area is 111 Å². The topological polar surface area (TPSA) is 33.0 Å². The number of para-hydroxylation sites is 1. The molecule has 0 saturated carbocycles. The molecule has 0 spiro atoms. The van der Waals surface area contributed by atoms with Gasteiger partial charge in [-0.1, -0.05) is 35.9 Å². The smallest absolute Gasteiger partial charge is 0.123 e. The minimum absolute atomic E-state index is 0.431. The van der Waals surface area contributed by atoms with Crippen LogP contribution in [-0.4, -0.2) is 7.11 Å². The molecule has 2 aromatic rings. The normalized spacial score (nSPS) is 11.6. The van der Waals surface area contributed by atoms with Gasteiger partial charge in [-0.3, -0.25) is 0 Å². The number of halogens is 1. The van der Waals surface area contributed by atoms with E-state index in [1.807, 2.05) is 24.3 Å². The molecule has 0 fully saturated rings. The first kappa shape index (κ1) is 12.5. The van der Waals surface area contributed by atoms with Crippen LogP contribution in [0.5, 0.6) is 5.75 Å². The van der Waals surface area contributed by atoms with E-state index >= 15 is 0 Å². The van der Waals surface area contributed by atoms with E-state index in [-0.39, 0.29) is 0 Å². The number of methoxy groups -OCH3 is 1. The van der Waals surface area contributed by atoms with Crippen LogP contribution < -0.4 is 4.74 Å². The Morgan fingerprint density at radius 2 is 2.11 bits per heavy atom. The lowest BCUT2D eigenvalue weighted by molar-refractivity contribution is 0.409. The second-order valence-corrected chi connectivity index (χ2v) is 4.20. The van der Waals surface area contributed by atoms with Gasteiger partial charge in [-0.2, -0.15) is 5.26 Å². The summed E-state index contributed by atoms with van der Waals surface area (Å²) in [4.78, 5) is 0. The minimum Gasteiger partial charge on any atom is -0.496 e. The van der Waals surface area contributed by atoms with Crippen LogP contribution in [0.2, 0.25) is 5.02 Å². The standard InChI is InChI=1S/C15H11ClNO/c1-18-15-8-3-2-7-13(15)14(10-17)11-5-4-6-12(16)9-11/h2-4,6-9,14H,1H3. The van der Waals surface area contributed by atoms with Gasteiger partial charge >= 0.3 is 0 Å². The van der Waals surface area contributed by atoms with Gasteiger partial charge in [-0.15, -0.1) is 0 Å². The summed E-state index contributed by atoms with van der Waals surface area (Å²) in [7, 11) is 1.59. The predicted octanol–water partition coefficient (Wildman–Crippen LogP) is 3.80. The second-order valence-electron chi connectivity index (χ2n) is 3.77. The zero-order chi connectivity index (χ0) is 13.0. The Hall–Kier alpha value is -1.98. The third-order valence-electron chi connectivity index (χ3n) is 2.68. The highest BCUT2D eigenvalue weighted by molar-refractivity contribution is 6.30. The molecule has 2 aromatic carbocycles. The Morgan fingerprint density at radius 3 is 2.78 bits per heavy atom. The van der Waals surface area contributed by atoms with Crippen molar-refractivity contribution in [2.45, 2.75) is 5.92 Å². The highest BCUT2D eigenvalue weighted by Crippen LogP contribution is 2.31. The fraction of sp³-hybridized carbons (Fsp3) is 0.133. The molecule has 0 aliphatic rings. The van der Waals surface area contributed by atoms with Crippen molar-refractivity contribution in [1.82, 2.24) is 0 Å². The van der Waals surface area contributed by atoms with Crippen molar-refractivity contribution in [3.05, 3.63) is 64.7 Å². The number of hydrogen-bond acceptors (Lipinski definition) is 2. The lowest BCUT2D eigenvalue weighted by Gasteiger charge is -2.13. The molecule has 2 rings (SSSR count). The lowest BCUT2D eigenvalue weighted by atomic mass is 9.92. The fourth-order valence-corrected chi connectivity index (χ4v) is 2.01. The fourth-order valence-electron chi connectivity index (χ4n) is 1.83. The first-order valence-electron chi connectivity index (χ1n) is 5.46. The zero-order valence-corrected chi connectivity index (χ0v) is 10.6. The maximum Gasteiger partial charge on any atom is 0.123 e. The zero-order valence-electron chi connectivity index (χ0n) is 9.85. The quantitative estimate of drug-likeness (QED) is 0.837. The molecular weight excluding hydrogens is 246 g/mol. The van der Waals surface area contributed by atoms with Crippen LogP contribution >= 0.6 is 11.6 Å². The molecule has 0 aliphatic carbocycles. The molecule has 1 atom stereocenters. The molecule has 89 valence electrons. The highest BCUT2D eigenvalue weighted by atomic mass is 35.5. The van der Waals surface area contributed by atoms with Gasteiger partial charge in [0.15, 0.2) is 0 Å². The molecular formula is C15H11ClNO. The van der Waals surface area contributed by atoms with Crippen LogP contribution in [-0.2, 0) is 0 Å². The summed E-state index contributed by atoms with van der Waals surface area (Å²) in [6.07, 6.45) is 0. The predicted molar refractivity (Wildman–Crippen MR) is 70.7 cm³/mol. The van der Waals surface area contributed by atoms with Crippen LogP contribution in [0, 0.1) is 17.4 Å². The summed E-state index contributed by atoms with van der Waals surface area (Å²) in [6.45, 7) is 0. The second kappa shape index (κ2) is 5.57. The number of rotatable bonds is 3. The van der Waals surface area contributed by atoms with E-state index in [0.29, 0.717) is 10.8 Å². The molecule has 0 saturated heterocycles. The average molecular weight is 257 g/mol. The summed E-state index contributed by atoms with van der Waals surface area (Å²) in [5, 5.41) is 9.97. The monoisotopic (exact) mass is 256 g/mol. The third-order valence-corrected chi connectivity index (χ3v) is 2.91. The SMILES string of the molecule is COc1ccccc1C(C#N)c1[c]ccc(Cl)c1. The van der Waals surface area contributed by atoms with Crippen LogP contribution in [0.15, 0.2) is 42.5 Å². The maximum absolute atomic E-state index is 9.38. The van der Waals surface area contributed by atoms with E-state index in [4.69, 9.17) is 16.3 Å². The van der Waals surface area contributed by atoms with Gasteiger partial charge in [0.05, 0.1) is 13.2 Å². The Bertz CT molecular complexity index is 589. The molecule has 2 nitrogen and oxygen atoms in total. The highest BCUT2D eigenvalue weighted by Gasteiger charge is 2.17. The van der Waals surface area contributed by atoms with Gasteiger partial charge in [0.2, 0.25) is 0 Å². The van der Waals surface area contributed by atoms with Crippen molar-refractivity contribution in [3.8, 4) is 11.8 Å². The van der Waals surface area contributed by atoms with E-state index in [1.54, 1.807) is 25.3 Å². The number of benzene rings is 2. The van der Waals surface area contributed by atoms with E-state index in [0.717, 1.165) is 11.1 Å². The van der Waals surface area contributed by atoms with Crippen LogP contribution in [0.3, 0.4) is 0 Å². The van der Waals surface area contributed by atoms with E-state index in [2.05, 4.69) is 12.1 Å². The first-order valence-corrected chi connectivity index (χ1v) is 5.83. The van der Waals surface area contributed by atoms with Gasteiger partial charge in [-0.25, -0.2) is 0 Å². The van der Waals surface area contributed by atoms with Crippen LogP contribution in [0.25, 0.3) is 0 Å². The summed E-state index contributed by atoms with van der Waals surface area (Å²) in [5.41, 5.74) is 1.57. The van der Waals surface area contributed by atoms with Crippen molar-refractivity contribution in [2.24, 2.45) is 0 Å². The molecule has 0 amide bonds. The summed E-state index contributed by atoms with van der Waals surface area (Å²) >= 11 is 5.95. The molecule has 1 radical (unpaired) electrons. The van der Waals surface area contributed by atoms with E-state index in [9.17, 15) is 5.26 Å². The molecule has 0 heterocycles. The molecule has 3 heteroatoms. The Balaban J connectivity index is 2.49. The van der Waals surface area contributed by atoms with E-state index < -0.39 is 5.92 Å². The van der Waals surface area contributed by atoms with Gasteiger partial charge in [0, 0.05) is 10.6 Å². The van der Waals surface area contributed by atoms with Crippen LogP contribution in [0.1, 0.15) is 17.0 Å². The summed E-state index contributed by atoms with van der Waals surface area (Å²) in [5.74, 6) is 0.261. The molecule has 0 aromatic heterocycles. The van der Waals surface area contributed by atoms with Crippen molar-refractivity contribution in [1.29, 1.82) is 5.26 Å². The number of ether oxygens (including phenoxy) is 1. The molecule has 0 N–H and O–H groups in total. The van der Waals surface area contributed by atoms with Gasteiger partial charge in [0.25, 0.3) is 0 Å². The largest absolute Gasteiger partial charge is 0.496 e. The maximum atomic E-state index is 9.38. The Morgan fingerprint density at radius 1 is 1.33 bits per heavy atom. The molecule has 1 unspecified atom stereocenters. The van der Waals surface area contributed by atoms with Crippen molar-refractivity contribution in [2.75, 3.05) is 7.11 Å². The minimum atomic E-state index is -0.431. The number of nitrogens with zero attached hydrogens (tertiary/aromatic N) is 1. The average Bonchev–Trinajstić information content (AvgIpc) is 2.40. The third kappa shape index (κ3) is 2.47. The first-order chi connectivity index (χ1) is 8.76. The number of hydrogen-bond donors (Lipinski definition) is 0. The number of nitriles is 1. The van der Waals surface area contributed by atoms with Crippen molar-refractivity contribution >= 4 is 11.6 Å². The molecule has 0 aliphatic heterocycles. The summed E-state index contributed by atoms with van der Waals surface area (Å²) < 4.78 is 5.28. The van der Waals surface area contributed by atoms with Crippen molar-refractivity contribution < 1.29 is 4.74 Å². The van der Waals surface area contributed by atoms with Gasteiger partial charge < -0.3 is 4.74 Å². The van der Waals surface area contributed by atoms with Crippen molar-refractivity contribution in [3.63, 3.8) is 0 Å². The molecule has 0 bridgehead atoms.